The Labute approximate surface area is 316 Å². The van der Waals surface area contributed by atoms with E-state index in [2.05, 4.69) is 138 Å². The summed E-state index contributed by atoms with van der Waals surface area (Å²) in [5.41, 5.74) is 6.37. The van der Waals surface area contributed by atoms with Crippen molar-refractivity contribution >= 4 is 74.9 Å². The largest absolute Gasteiger partial charge is 0.277 e. The molecule has 0 aliphatic carbocycles. The van der Waals surface area contributed by atoms with Gasteiger partial charge in [-0.05, 0) is 33.9 Å². The molecule has 256 valence electrons. The van der Waals surface area contributed by atoms with E-state index < -0.39 is 0 Å². The van der Waals surface area contributed by atoms with E-state index >= 15 is 0 Å². The molecule has 4 nitrogen and oxygen atoms in total. The molecule has 3 aromatic heterocycles. The molecule has 8 aromatic carbocycles. The van der Waals surface area contributed by atoms with Gasteiger partial charge in [-0.2, -0.15) is 9.97 Å². The zero-order chi connectivity index (χ0) is 36.2. The SMILES string of the molecule is CC.c1ccc(-c2nc(-c3ccccc3)nc(-n3c4c(-c5cccc6sc7ccccc7c56)cccc4c4c5ccccc5c5ccccc5c43)n2)cc1. The molecule has 0 saturated heterocycles. The Balaban J connectivity index is 0.00000178. The molecular formula is C49H34N4S. The van der Waals surface area contributed by atoms with Crippen LogP contribution in [0.2, 0.25) is 0 Å². The summed E-state index contributed by atoms with van der Waals surface area (Å²) in [6.45, 7) is 4.00. The van der Waals surface area contributed by atoms with Gasteiger partial charge in [0.2, 0.25) is 5.95 Å². The highest BCUT2D eigenvalue weighted by Crippen LogP contribution is 2.47. The van der Waals surface area contributed by atoms with E-state index in [1.165, 1.54) is 47.3 Å². The lowest BCUT2D eigenvalue weighted by Crippen LogP contribution is -2.07. The number of para-hydroxylation sites is 1. The van der Waals surface area contributed by atoms with Gasteiger partial charge >= 0.3 is 0 Å². The van der Waals surface area contributed by atoms with Crippen molar-refractivity contribution in [3.8, 4) is 39.9 Å². The van der Waals surface area contributed by atoms with Gasteiger partial charge in [0.05, 0.1) is 11.0 Å². The number of hydrogen-bond acceptors (Lipinski definition) is 4. The maximum Gasteiger partial charge on any atom is 0.238 e. The van der Waals surface area contributed by atoms with Gasteiger partial charge in [0.25, 0.3) is 0 Å². The van der Waals surface area contributed by atoms with Gasteiger partial charge in [0, 0.05) is 53.0 Å². The third kappa shape index (κ3) is 4.93. The second-order valence-corrected chi connectivity index (χ2v) is 14.2. The van der Waals surface area contributed by atoms with Crippen molar-refractivity contribution in [3.05, 3.63) is 170 Å². The van der Waals surface area contributed by atoms with Crippen LogP contribution in [-0.4, -0.2) is 19.5 Å². The van der Waals surface area contributed by atoms with Gasteiger partial charge in [0.15, 0.2) is 11.6 Å². The fourth-order valence-electron chi connectivity index (χ4n) is 8.04. The Morgan fingerprint density at radius 1 is 0.370 bits per heavy atom. The molecule has 11 rings (SSSR count). The number of nitrogens with zero attached hydrogens (tertiary/aromatic N) is 4. The Kier molecular flexibility index (Phi) is 7.74. The van der Waals surface area contributed by atoms with E-state index in [4.69, 9.17) is 15.0 Å². The van der Waals surface area contributed by atoms with Crippen LogP contribution in [0.25, 0.3) is 103 Å². The van der Waals surface area contributed by atoms with Crippen molar-refractivity contribution in [1.82, 2.24) is 19.5 Å². The van der Waals surface area contributed by atoms with Crippen molar-refractivity contribution in [2.45, 2.75) is 13.8 Å². The van der Waals surface area contributed by atoms with E-state index in [9.17, 15) is 0 Å². The first-order chi connectivity index (χ1) is 26.8. The number of benzene rings is 8. The minimum Gasteiger partial charge on any atom is -0.277 e. The molecule has 0 aliphatic rings. The zero-order valence-electron chi connectivity index (χ0n) is 29.9. The van der Waals surface area contributed by atoms with Gasteiger partial charge in [-0.15, -0.1) is 11.3 Å². The van der Waals surface area contributed by atoms with Crippen molar-refractivity contribution in [1.29, 1.82) is 0 Å². The number of fused-ring (bicyclic) bond motifs is 11. The Morgan fingerprint density at radius 3 is 1.56 bits per heavy atom. The molecule has 54 heavy (non-hydrogen) atoms. The van der Waals surface area contributed by atoms with Crippen LogP contribution in [0.15, 0.2) is 170 Å². The zero-order valence-corrected chi connectivity index (χ0v) is 30.7. The molecule has 11 aromatic rings. The maximum atomic E-state index is 5.34. The molecule has 5 heteroatoms. The third-order valence-electron chi connectivity index (χ3n) is 10.2. The fourth-order valence-corrected chi connectivity index (χ4v) is 9.17. The minimum absolute atomic E-state index is 0.586. The van der Waals surface area contributed by atoms with Crippen LogP contribution in [0.4, 0.5) is 0 Å². The lowest BCUT2D eigenvalue weighted by molar-refractivity contribution is 0.955. The van der Waals surface area contributed by atoms with E-state index in [1.807, 2.05) is 61.6 Å². The predicted octanol–water partition coefficient (Wildman–Crippen LogP) is 13.7. The molecular weight excluding hydrogens is 677 g/mol. The molecule has 3 heterocycles. The summed E-state index contributed by atoms with van der Waals surface area (Å²) >= 11 is 1.84. The summed E-state index contributed by atoms with van der Waals surface area (Å²) < 4.78 is 4.88. The monoisotopic (exact) mass is 710 g/mol. The number of thiophene rings is 1. The summed E-state index contributed by atoms with van der Waals surface area (Å²) in [6.07, 6.45) is 0. The molecule has 0 fully saturated rings. The summed E-state index contributed by atoms with van der Waals surface area (Å²) in [5.74, 6) is 1.85. The average molecular weight is 711 g/mol. The lowest BCUT2D eigenvalue weighted by Gasteiger charge is -2.14. The number of aromatic nitrogens is 4. The number of hydrogen-bond donors (Lipinski definition) is 0. The maximum absolute atomic E-state index is 5.34. The molecule has 0 radical (unpaired) electrons. The minimum atomic E-state index is 0.586. The average Bonchev–Trinajstić information content (AvgIpc) is 3.82. The van der Waals surface area contributed by atoms with Crippen molar-refractivity contribution < 1.29 is 0 Å². The molecule has 0 aliphatic heterocycles. The van der Waals surface area contributed by atoms with Crippen LogP contribution in [-0.2, 0) is 0 Å². The first-order valence-corrected chi connectivity index (χ1v) is 19.3. The highest BCUT2D eigenvalue weighted by Gasteiger charge is 2.25. The molecule has 0 amide bonds. The van der Waals surface area contributed by atoms with Crippen LogP contribution >= 0.6 is 11.3 Å². The smallest absolute Gasteiger partial charge is 0.238 e. The van der Waals surface area contributed by atoms with Crippen LogP contribution in [0, 0.1) is 0 Å². The first kappa shape index (κ1) is 32.0. The Bertz CT molecular complexity index is 3120. The standard InChI is InChI=1S/C47H28N4S.C2H6/c1-3-15-29(16-4-1)45-48-46(30-17-5-2-6-18-30)50-47(49-45)51-43-36(34-24-14-28-40-41(34)37-23-11-12-27-39(37)52-40)25-13-26-38(43)42-33-21-9-7-19-31(33)32-20-8-10-22-35(32)44(42)51;1-2/h1-28H;1-2H3. The van der Waals surface area contributed by atoms with Crippen LogP contribution in [0.3, 0.4) is 0 Å². The van der Waals surface area contributed by atoms with E-state index in [0.717, 1.165) is 38.5 Å². The normalized spacial score (nSPS) is 11.5. The quantitative estimate of drug-likeness (QED) is 0.171. The second-order valence-electron chi connectivity index (χ2n) is 13.1. The van der Waals surface area contributed by atoms with Gasteiger partial charge < -0.3 is 0 Å². The fraction of sp³-hybridized carbons (Fsp3) is 0.0408. The first-order valence-electron chi connectivity index (χ1n) is 18.5. The molecule has 0 spiro atoms. The van der Waals surface area contributed by atoms with Gasteiger partial charge in [0.1, 0.15) is 0 Å². The molecule has 0 N–H and O–H groups in total. The van der Waals surface area contributed by atoms with Crippen LogP contribution in [0.1, 0.15) is 13.8 Å². The van der Waals surface area contributed by atoms with Crippen LogP contribution in [0.5, 0.6) is 0 Å². The highest BCUT2D eigenvalue weighted by atomic mass is 32.1. The van der Waals surface area contributed by atoms with E-state index in [-0.39, 0.29) is 0 Å². The molecule has 0 saturated carbocycles. The molecule has 0 atom stereocenters. The molecule has 0 bridgehead atoms. The topological polar surface area (TPSA) is 43.6 Å². The third-order valence-corrected chi connectivity index (χ3v) is 11.4. The van der Waals surface area contributed by atoms with Gasteiger partial charge in [-0.25, -0.2) is 4.98 Å². The lowest BCUT2D eigenvalue weighted by atomic mass is 9.95. The van der Waals surface area contributed by atoms with Crippen molar-refractivity contribution in [2.24, 2.45) is 0 Å². The summed E-state index contributed by atoms with van der Waals surface area (Å²) in [4.78, 5) is 15.7. The van der Waals surface area contributed by atoms with E-state index in [1.54, 1.807) is 0 Å². The predicted molar refractivity (Wildman–Crippen MR) is 230 cm³/mol. The van der Waals surface area contributed by atoms with Gasteiger partial charge in [-0.1, -0.05) is 172 Å². The molecule has 0 unspecified atom stereocenters. The summed E-state index contributed by atoms with van der Waals surface area (Å²) in [5, 5.41) is 9.68. The summed E-state index contributed by atoms with van der Waals surface area (Å²) in [7, 11) is 0. The summed E-state index contributed by atoms with van der Waals surface area (Å²) in [6, 6.07) is 60.1. The van der Waals surface area contributed by atoms with Crippen molar-refractivity contribution in [2.75, 3.05) is 0 Å². The second kappa shape index (κ2) is 13.1. The van der Waals surface area contributed by atoms with E-state index in [0.29, 0.717) is 17.6 Å². The Hall–Kier alpha value is -6.69. The Morgan fingerprint density at radius 2 is 0.870 bits per heavy atom. The highest BCUT2D eigenvalue weighted by molar-refractivity contribution is 7.25. The van der Waals surface area contributed by atoms with Crippen molar-refractivity contribution in [3.63, 3.8) is 0 Å². The number of rotatable bonds is 4. The van der Waals surface area contributed by atoms with Gasteiger partial charge in [-0.3, -0.25) is 4.57 Å². The van der Waals surface area contributed by atoms with Crippen LogP contribution < -0.4 is 0 Å².